The zero-order valence-corrected chi connectivity index (χ0v) is 11.1. The third kappa shape index (κ3) is 2.82. The third-order valence-corrected chi connectivity index (χ3v) is 2.98. The maximum atomic E-state index is 4.10. The van der Waals surface area contributed by atoms with Crippen LogP contribution in [0, 0.1) is 0 Å². The van der Waals surface area contributed by atoms with Gasteiger partial charge in [0.05, 0.1) is 31.2 Å². The molecule has 7 nitrogen and oxygen atoms in total. The van der Waals surface area contributed by atoms with Crippen molar-refractivity contribution < 1.29 is 0 Å². The minimum absolute atomic E-state index is 0.619. The van der Waals surface area contributed by atoms with Gasteiger partial charge in [0, 0.05) is 7.05 Å². The zero-order valence-electron chi connectivity index (χ0n) is 11.1. The van der Waals surface area contributed by atoms with Crippen molar-refractivity contribution in [3.63, 3.8) is 0 Å². The maximum absolute atomic E-state index is 4.10. The van der Waals surface area contributed by atoms with Crippen LogP contribution in [0.2, 0.25) is 0 Å². The lowest BCUT2D eigenvalue weighted by molar-refractivity contribution is 0.649. The molecule has 0 bridgehead atoms. The first-order valence-corrected chi connectivity index (χ1v) is 6.33. The molecule has 3 rings (SSSR count). The molecule has 2 aromatic heterocycles. The molecule has 0 saturated heterocycles. The fourth-order valence-electron chi connectivity index (χ4n) is 1.88. The minimum atomic E-state index is 0.619. The van der Waals surface area contributed by atoms with E-state index in [2.05, 4.69) is 38.1 Å². The molecule has 20 heavy (non-hydrogen) atoms. The summed E-state index contributed by atoms with van der Waals surface area (Å²) in [6, 6.07) is 10.2. The lowest BCUT2D eigenvalue weighted by atomic mass is 10.2. The van der Waals surface area contributed by atoms with E-state index in [9.17, 15) is 0 Å². The number of anilines is 1. The summed E-state index contributed by atoms with van der Waals surface area (Å²) in [5.74, 6) is 0.738. The van der Waals surface area contributed by atoms with Gasteiger partial charge in [-0.1, -0.05) is 40.8 Å². The smallest absolute Gasteiger partial charge is 0.168 e. The second-order valence-corrected chi connectivity index (χ2v) is 4.49. The number of benzene rings is 1. The molecule has 102 valence electrons. The van der Waals surface area contributed by atoms with Gasteiger partial charge >= 0.3 is 0 Å². The SMILES string of the molecule is Cn1nncc1CNc1cn(Cc2ccccc2)nn1. The predicted molar refractivity (Wildman–Crippen MR) is 73.9 cm³/mol. The Hall–Kier alpha value is -2.70. The number of rotatable bonds is 5. The lowest BCUT2D eigenvalue weighted by Crippen LogP contribution is -2.05. The summed E-state index contributed by atoms with van der Waals surface area (Å²) in [4.78, 5) is 0. The molecule has 2 heterocycles. The van der Waals surface area contributed by atoms with Gasteiger partial charge in [0.2, 0.25) is 0 Å². The van der Waals surface area contributed by atoms with Crippen LogP contribution >= 0.6 is 0 Å². The van der Waals surface area contributed by atoms with Crippen molar-refractivity contribution in [2.24, 2.45) is 7.05 Å². The van der Waals surface area contributed by atoms with Gasteiger partial charge in [0.15, 0.2) is 5.82 Å². The first kappa shape index (κ1) is 12.3. The van der Waals surface area contributed by atoms with Crippen molar-refractivity contribution in [3.05, 3.63) is 54.0 Å². The quantitative estimate of drug-likeness (QED) is 0.750. The predicted octanol–water partition coefficient (Wildman–Crippen LogP) is 1.07. The summed E-state index contributed by atoms with van der Waals surface area (Å²) in [5, 5.41) is 19.1. The van der Waals surface area contributed by atoms with Crippen LogP contribution in [0.5, 0.6) is 0 Å². The van der Waals surface area contributed by atoms with Crippen LogP contribution in [0.25, 0.3) is 0 Å². The normalized spacial score (nSPS) is 10.7. The number of hydrogen-bond donors (Lipinski definition) is 1. The summed E-state index contributed by atoms with van der Waals surface area (Å²) >= 11 is 0. The summed E-state index contributed by atoms with van der Waals surface area (Å²) in [7, 11) is 1.86. The molecule has 0 amide bonds. The molecule has 3 aromatic rings. The van der Waals surface area contributed by atoms with E-state index in [0.717, 1.165) is 11.5 Å². The van der Waals surface area contributed by atoms with E-state index in [1.165, 1.54) is 5.56 Å². The number of nitrogens with zero attached hydrogens (tertiary/aromatic N) is 6. The minimum Gasteiger partial charge on any atom is -0.362 e. The van der Waals surface area contributed by atoms with Crippen LogP contribution in [-0.2, 0) is 20.1 Å². The van der Waals surface area contributed by atoms with Crippen LogP contribution in [0.1, 0.15) is 11.3 Å². The highest BCUT2D eigenvalue weighted by molar-refractivity contribution is 5.30. The Morgan fingerprint density at radius 1 is 1.15 bits per heavy atom. The van der Waals surface area contributed by atoms with Crippen molar-refractivity contribution >= 4 is 5.82 Å². The van der Waals surface area contributed by atoms with Crippen LogP contribution in [0.3, 0.4) is 0 Å². The fraction of sp³-hybridized carbons (Fsp3) is 0.231. The average molecular weight is 269 g/mol. The first-order chi connectivity index (χ1) is 9.81. The van der Waals surface area contributed by atoms with Gasteiger partial charge in [-0.15, -0.1) is 10.2 Å². The van der Waals surface area contributed by atoms with Crippen molar-refractivity contribution in [2.45, 2.75) is 13.1 Å². The maximum Gasteiger partial charge on any atom is 0.168 e. The number of aryl methyl sites for hydroxylation is 1. The van der Waals surface area contributed by atoms with Gasteiger partial charge < -0.3 is 5.32 Å². The Morgan fingerprint density at radius 3 is 2.75 bits per heavy atom. The van der Waals surface area contributed by atoms with Gasteiger partial charge in [-0.3, -0.25) is 4.68 Å². The van der Waals surface area contributed by atoms with E-state index in [-0.39, 0.29) is 0 Å². The molecule has 0 aliphatic rings. The van der Waals surface area contributed by atoms with Gasteiger partial charge in [0.1, 0.15) is 0 Å². The molecule has 1 N–H and O–H groups in total. The summed E-state index contributed by atoms with van der Waals surface area (Å²) in [6.07, 6.45) is 3.61. The van der Waals surface area contributed by atoms with E-state index in [0.29, 0.717) is 13.1 Å². The van der Waals surface area contributed by atoms with Crippen LogP contribution in [0.4, 0.5) is 5.82 Å². The standard InChI is InChI=1S/C13H15N7/c1-19-12(8-15-17-19)7-14-13-10-20(18-16-13)9-11-5-3-2-4-6-11/h2-6,8,10,14H,7,9H2,1H3. The van der Waals surface area contributed by atoms with Crippen LogP contribution in [-0.4, -0.2) is 30.0 Å². The van der Waals surface area contributed by atoms with Gasteiger partial charge in [-0.2, -0.15) is 0 Å². The molecular weight excluding hydrogens is 254 g/mol. The van der Waals surface area contributed by atoms with Crippen molar-refractivity contribution in [1.82, 2.24) is 30.0 Å². The molecule has 1 aromatic carbocycles. The summed E-state index contributed by atoms with van der Waals surface area (Å²) in [5.41, 5.74) is 2.18. The summed E-state index contributed by atoms with van der Waals surface area (Å²) < 4.78 is 3.53. The number of aromatic nitrogens is 6. The number of nitrogens with one attached hydrogen (secondary N) is 1. The fourth-order valence-corrected chi connectivity index (χ4v) is 1.88. The van der Waals surface area contributed by atoms with E-state index in [1.54, 1.807) is 15.6 Å². The zero-order chi connectivity index (χ0) is 13.8. The monoisotopic (exact) mass is 269 g/mol. The van der Waals surface area contributed by atoms with Crippen LogP contribution < -0.4 is 5.32 Å². The summed E-state index contributed by atoms with van der Waals surface area (Å²) in [6.45, 7) is 1.33. The van der Waals surface area contributed by atoms with Gasteiger partial charge in [0.25, 0.3) is 0 Å². The van der Waals surface area contributed by atoms with E-state index < -0.39 is 0 Å². The molecule has 0 aliphatic carbocycles. The first-order valence-electron chi connectivity index (χ1n) is 6.33. The molecule has 7 heteroatoms. The Bertz CT molecular complexity index is 671. The Morgan fingerprint density at radius 2 is 2.00 bits per heavy atom. The average Bonchev–Trinajstić information content (AvgIpc) is 3.07. The topological polar surface area (TPSA) is 73.5 Å². The molecule has 0 saturated carbocycles. The largest absolute Gasteiger partial charge is 0.362 e. The second kappa shape index (κ2) is 5.52. The molecule has 0 atom stereocenters. The van der Waals surface area contributed by atoms with E-state index >= 15 is 0 Å². The molecule has 0 aliphatic heterocycles. The molecular formula is C13H15N7. The Labute approximate surface area is 116 Å². The third-order valence-electron chi connectivity index (χ3n) is 2.98. The number of hydrogen-bond acceptors (Lipinski definition) is 5. The molecule has 0 unspecified atom stereocenters. The van der Waals surface area contributed by atoms with Crippen molar-refractivity contribution in [1.29, 1.82) is 0 Å². The van der Waals surface area contributed by atoms with Crippen molar-refractivity contribution in [3.8, 4) is 0 Å². The van der Waals surface area contributed by atoms with E-state index in [4.69, 9.17) is 0 Å². The lowest BCUT2D eigenvalue weighted by Gasteiger charge is -2.01. The highest BCUT2D eigenvalue weighted by Crippen LogP contribution is 2.06. The molecule has 0 radical (unpaired) electrons. The van der Waals surface area contributed by atoms with Crippen LogP contribution in [0.15, 0.2) is 42.7 Å². The van der Waals surface area contributed by atoms with Crippen molar-refractivity contribution in [2.75, 3.05) is 5.32 Å². The van der Waals surface area contributed by atoms with Gasteiger partial charge in [-0.05, 0) is 5.56 Å². The molecule has 0 fully saturated rings. The Kier molecular flexibility index (Phi) is 3.40. The molecule has 0 spiro atoms. The Balaban J connectivity index is 1.61. The van der Waals surface area contributed by atoms with E-state index in [1.807, 2.05) is 31.4 Å². The second-order valence-electron chi connectivity index (χ2n) is 4.49. The van der Waals surface area contributed by atoms with Gasteiger partial charge in [-0.25, -0.2) is 4.68 Å². The highest BCUT2D eigenvalue weighted by atomic mass is 15.4. The highest BCUT2D eigenvalue weighted by Gasteiger charge is 2.03.